The monoisotopic (exact) mass is 167 g/mol. The van der Waals surface area contributed by atoms with Crippen molar-refractivity contribution in [1.82, 2.24) is 9.78 Å². The van der Waals surface area contributed by atoms with Gasteiger partial charge in [-0.25, -0.2) is 0 Å². The summed E-state index contributed by atoms with van der Waals surface area (Å²) in [6.07, 6.45) is 2.82. The normalized spacial score (nSPS) is 12.0. The molecule has 0 saturated heterocycles. The summed E-state index contributed by atoms with van der Waals surface area (Å²) in [5.41, 5.74) is 6.92. The smallest absolute Gasteiger partial charge is 0.0492 e. The van der Waals surface area contributed by atoms with Crippen LogP contribution in [-0.4, -0.2) is 16.3 Å². The lowest BCUT2D eigenvalue weighted by Gasteiger charge is -2.23. The molecule has 3 heteroatoms. The van der Waals surface area contributed by atoms with Gasteiger partial charge in [0.05, 0.1) is 0 Å². The molecule has 0 unspecified atom stereocenters. The molecule has 1 heterocycles. The van der Waals surface area contributed by atoms with Crippen molar-refractivity contribution in [2.45, 2.75) is 25.7 Å². The highest BCUT2D eigenvalue weighted by Gasteiger charge is 2.22. The van der Waals surface area contributed by atoms with E-state index < -0.39 is 0 Å². The van der Waals surface area contributed by atoms with Crippen LogP contribution in [0.5, 0.6) is 0 Å². The second kappa shape index (κ2) is 3.27. The molecular formula is C9H17N3. The van der Waals surface area contributed by atoms with E-state index in [0.717, 1.165) is 13.0 Å². The topological polar surface area (TPSA) is 43.8 Å². The van der Waals surface area contributed by atoms with Gasteiger partial charge in [-0.1, -0.05) is 13.8 Å². The van der Waals surface area contributed by atoms with E-state index in [9.17, 15) is 0 Å². The van der Waals surface area contributed by atoms with Gasteiger partial charge in [-0.3, -0.25) is 4.68 Å². The molecule has 0 saturated carbocycles. The van der Waals surface area contributed by atoms with Crippen LogP contribution in [0.15, 0.2) is 12.3 Å². The number of aryl methyl sites for hydroxylation is 1. The molecule has 0 atom stereocenters. The Morgan fingerprint density at radius 3 is 2.67 bits per heavy atom. The number of rotatable bonds is 3. The van der Waals surface area contributed by atoms with Crippen LogP contribution in [0.3, 0.4) is 0 Å². The third-order valence-corrected chi connectivity index (χ3v) is 2.28. The summed E-state index contributed by atoms with van der Waals surface area (Å²) in [5, 5.41) is 4.14. The third-order valence-electron chi connectivity index (χ3n) is 2.28. The van der Waals surface area contributed by atoms with Crippen molar-refractivity contribution < 1.29 is 0 Å². The van der Waals surface area contributed by atoms with E-state index in [4.69, 9.17) is 5.73 Å². The molecule has 0 aliphatic heterocycles. The second-order valence-corrected chi connectivity index (χ2v) is 3.76. The lowest BCUT2D eigenvalue weighted by atomic mass is 9.86. The first-order valence-corrected chi connectivity index (χ1v) is 4.26. The van der Waals surface area contributed by atoms with Gasteiger partial charge >= 0.3 is 0 Å². The first kappa shape index (κ1) is 9.26. The average Bonchev–Trinajstić information content (AvgIpc) is 2.35. The summed E-state index contributed by atoms with van der Waals surface area (Å²) in [4.78, 5) is 0. The van der Waals surface area contributed by atoms with Crippen LogP contribution in [0.25, 0.3) is 0 Å². The molecule has 0 bridgehead atoms. The molecule has 3 nitrogen and oxygen atoms in total. The molecule has 12 heavy (non-hydrogen) atoms. The van der Waals surface area contributed by atoms with Crippen molar-refractivity contribution in [2.24, 2.45) is 12.8 Å². The Kier molecular flexibility index (Phi) is 2.52. The molecule has 0 fully saturated rings. The lowest BCUT2D eigenvalue weighted by molar-refractivity contribution is 0.447. The molecule has 0 aromatic carbocycles. The van der Waals surface area contributed by atoms with Crippen LogP contribution in [0.2, 0.25) is 0 Å². The fraction of sp³-hybridized carbons (Fsp3) is 0.667. The molecular weight excluding hydrogens is 150 g/mol. The fourth-order valence-electron chi connectivity index (χ4n) is 1.53. The molecule has 0 spiro atoms. The predicted molar refractivity (Wildman–Crippen MR) is 49.9 cm³/mol. The molecule has 1 rings (SSSR count). The quantitative estimate of drug-likeness (QED) is 0.731. The minimum atomic E-state index is 0.139. The van der Waals surface area contributed by atoms with Crippen molar-refractivity contribution in [1.29, 1.82) is 0 Å². The summed E-state index contributed by atoms with van der Waals surface area (Å²) in [6.45, 7) is 5.10. The number of nitrogens with zero attached hydrogens (tertiary/aromatic N) is 2. The maximum absolute atomic E-state index is 5.54. The summed E-state index contributed by atoms with van der Waals surface area (Å²) in [6, 6.07) is 2.05. The van der Waals surface area contributed by atoms with Crippen LogP contribution in [0.4, 0.5) is 0 Å². The van der Waals surface area contributed by atoms with Crippen LogP contribution >= 0.6 is 0 Å². The fourth-order valence-corrected chi connectivity index (χ4v) is 1.53. The lowest BCUT2D eigenvalue weighted by Crippen LogP contribution is -2.24. The van der Waals surface area contributed by atoms with Crippen molar-refractivity contribution >= 4 is 0 Å². The van der Waals surface area contributed by atoms with Crippen molar-refractivity contribution in [2.75, 3.05) is 6.54 Å². The van der Waals surface area contributed by atoms with Crippen LogP contribution < -0.4 is 5.73 Å². The van der Waals surface area contributed by atoms with Gasteiger partial charge in [0.2, 0.25) is 0 Å². The van der Waals surface area contributed by atoms with Gasteiger partial charge in [-0.15, -0.1) is 0 Å². The predicted octanol–water partition coefficient (Wildman–Crippen LogP) is 1.05. The van der Waals surface area contributed by atoms with Crippen molar-refractivity contribution in [3.63, 3.8) is 0 Å². The van der Waals surface area contributed by atoms with E-state index in [-0.39, 0.29) is 5.41 Å². The van der Waals surface area contributed by atoms with E-state index in [1.54, 1.807) is 0 Å². The maximum atomic E-state index is 5.54. The Morgan fingerprint density at radius 1 is 1.58 bits per heavy atom. The molecule has 1 aromatic heterocycles. The van der Waals surface area contributed by atoms with Gasteiger partial charge in [0.25, 0.3) is 0 Å². The summed E-state index contributed by atoms with van der Waals surface area (Å²) in [5.74, 6) is 0. The molecule has 1 aromatic rings. The maximum Gasteiger partial charge on any atom is 0.0492 e. The van der Waals surface area contributed by atoms with E-state index in [1.165, 1.54) is 5.69 Å². The van der Waals surface area contributed by atoms with Crippen LogP contribution in [0, 0.1) is 0 Å². The summed E-state index contributed by atoms with van der Waals surface area (Å²) in [7, 11) is 1.97. The van der Waals surface area contributed by atoms with Gasteiger partial charge in [-0.2, -0.15) is 5.10 Å². The van der Waals surface area contributed by atoms with Crippen molar-refractivity contribution in [3.05, 3.63) is 18.0 Å². The zero-order chi connectivity index (χ0) is 9.19. The minimum Gasteiger partial charge on any atom is -0.330 e. The Labute approximate surface area is 73.6 Å². The average molecular weight is 167 g/mol. The summed E-state index contributed by atoms with van der Waals surface area (Å²) >= 11 is 0. The zero-order valence-electron chi connectivity index (χ0n) is 8.04. The van der Waals surface area contributed by atoms with E-state index in [0.29, 0.717) is 0 Å². The van der Waals surface area contributed by atoms with Gasteiger partial charge in [-0.05, 0) is 19.0 Å². The molecule has 0 amide bonds. The molecule has 0 aliphatic carbocycles. The Hall–Kier alpha value is -0.830. The number of hydrogen-bond acceptors (Lipinski definition) is 2. The highest BCUT2D eigenvalue weighted by atomic mass is 15.3. The molecule has 0 aliphatic rings. The standard InChI is InChI=1S/C9H17N3/c1-9(2,5-6-10)8-4-7-11-12(8)3/h4,7H,5-6,10H2,1-3H3. The first-order chi connectivity index (χ1) is 5.58. The molecule has 0 radical (unpaired) electrons. The van der Waals surface area contributed by atoms with Crippen molar-refractivity contribution in [3.8, 4) is 0 Å². The van der Waals surface area contributed by atoms with Gasteiger partial charge < -0.3 is 5.73 Å². The largest absolute Gasteiger partial charge is 0.330 e. The van der Waals surface area contributed by atoms with Gasteiger partial charge in [0, 0.05) is 24.4 Å². The van der Waals surface area contributed by atoms with E-state index in [2.05, 4.69) is 25.0 Å². The zero-order valence-corrected chi connectivity index (χ0v) is 8.04. The highest BCUT2D eigenvalue weighted by molar-refractivity contribution is 5.13. The van der Waals surface area contributed by atoms with Gasteiger partial charge in [0.1, 0.15) is 0 Å². The molecule has 2 N–H and O–H groups in total. The molecule has 68 valence electrons. The van der Waals surface area contributed by atoms with Crippen LogP contribution in [0.1, 0.15) is 26.0 Å². The van der Waals surface area contributed by atoms with Crippen LogP contribution in [-0.2, 0) is 12.5 Å². The SMILES string of the molecule is Cn1nccc1C(C)(C)CCN. The number of aromatic nitrogens is 2. The first-order valence-electron chi connectivity index (χ1n) is 4.26. The van der Waals surface area contributed by atoms with Gasteiger partial charge in [0.15, 0.2) is 0 Å². The van der Waals surface area contributed by atoms with E-state index in [1.807, 2.05) is 17.9 Å². The highest BCUT2D eigenvalue weighted by Crippen LogP contribution is 2.25. The second-order valence-electron chi connectivity index (χ2n) is 3.76. The Morgan fingerprint density at radius 2 is 2.25 bits per heavy atom. The number of hydrogen-bond donors (Lipinski definition) is 1. The van der Waals surface area contributed by atoms with E-state index >= 15 is 0 Å². The minimum absolute atomic E-state index is 0.139. The Bertz CT molecular complexity index is 250. The third kappa shape index (κ3) is 1.67. The Balaban J connectivity index is 2.88. The summed E-state index contributed by atoms with van der Waals surface area (Å²) < 4.78 is 1.91. The number of nitrogens with two attached hydrogens (primary N) is 1.